The summed E-state index contributed by atoms with van der Waals surface area (Å²) in [6.45, 7) is 0. The molecule has 0 heterocycles. The minimum Gasteiger partial charge on any atom is -0.393 e. The quantitative estimate of drug-likeness (QED) is 0.543. The zero-order valence-electron chi connectivity index (χ0n) is 6.16. The number of rotatable bonds is 1. The first-order valence-electron chi connectivity index (χ1n) is 3.61. The first-order chi connectivity index (χ1) is 4.72. The minimum atomic E-state index is -0.381. The van der Waals surface area contributed by atoms with Crippen LogP contribution >= 0.6 is 0 Å². The lowest BCUT2D eigenvalue weighted by Crippen LogP contribution is -2.33. The Bertz CT molecular complexity index is 95.0. The van der Waals surface area contributed by atoms with Crippen LogP contribution in [0.15, 0.2) is 0 Å². The highest BCUT2D eigenvalue weighted by molar-refractivity contribution is 4.77. The molecule has 3 atom stereocenters. The Morgan fingerprint density at radius 2 is 1.60 bits per heavy atom. The molecule has 10 heavy (non-hydrogen) atoms. The Kier molecular flexibility index (Phi) is 2.65. The van der Waals surface area contributed by atoms with Gasteiger partial charge in [0.25, 0.3) is 0 Å². The van der Waals surface area contributed by atoms with E-state index in [9.17, 15) is 0 Å². The van der Waals surface area contributed by atoms with Crippen LogP contribution in [0.25, 0.3) is 0 Å². The number of aliphatic hydroxyl groups is 2. The smallest absolute Gasteiger partial charge is 0.0620 e. The van der Waals surface area contributed by atoms with E-state index >= 15 is 0 Å². The molecular formula is C7H14O3. The van der Waals surface area contributed by atoms with E-state index in [2.05, 4.69) is 0 Å². The fourth-order valence-corrected chi connectivity index (χ4v) is 1.40. The monoisotopic (exact) mass is 146 g/mol. The molecule has 0 unspecified atom stereocenters. The SMILES string of the molecule is CO[C@@H]1C[C@H](O)C[C@H](O)C1. The van der Waals surface area contributed by atoms with E-state index in [1.165, 1.54) is 0 Å². The summed E-state index contributed by atoms with van der Waals surface area (Å²) in [5.41, 5.74) is 0. The van der Waals surface area contributed by atoms with Crippen LogP contribution in [0.5, 0.6) is 0 Å². The van der Waals surface area contributed by atoms with Crippen molar-refractivity contribution in [2.75, 3.05) is 7.11 Å². The molecule has 1 rings (SSSR count). The summed E-state index contributed by atoms with van der Waals surface area (Å²) in [5.74, 6) is 0. The van der Waals surface area contributed by atoms with Crippen molar-refractivity contribution >= 4 is 0 Å². The van der Waals surface area contributed by atoms with Gasteiger partial charge in [0.05, 0.1) is 18.3 Å². The summed E-state index contributed by atoms with van der Waals surface area (Å²) in [6, 6.07) is 0. The molecule has 1 aliphatic carbocycles. The van der Waals surface area contributed by atoms with Crippen molar-refractivity contribution in [3.8, 4) is 0 Å². The lowest BCUT2D eigenvalue weighted by atomic mass is 9.93. The molecule has 0 bridgehead atoms. The van der Waals surface area contributed by atoms with E-state index < -0.39 is 0 Å². The molecule has 0 saturated heterocycles. The third kappa shape index (κ3) is 1.94. The van der Waals surface area contributed by atoms with Crippen molar-refractivity contribution in [1.29, 1.82) is 0 Å². The Morgan fingerprint density at radius 1 is 1.10 bits per heavy atom. The van der Waals surface area contributed by atoms with E-state index in [0.29, 0.717) is 19.3 Å². The normalized spacial score (nSPS) is 41.7. The average Bonchev–Trinajstić information content (AvgIpc) is 1.85. The topological polar surface area (TPSA) is 49.7 Å². The number of aliphatic hydroxyl groups excluding tert-OH is 2. The number of ether oxygens (including phenoxy) is 1. The number of hydrogen-bond acceptors (Lipinski definition) is 3. The van der Waals surface area contributed by atoms with Crippen LogP contribution < -0.4 is 0 Å². The minimum absolute atomic E-state index is 0.0405. The molecule has 1 aliphatic rings. The van der Waals surface area contributed by atoms with Gasteiger partial charge in [-0.2, -0.15) is 0 Å². The maximum atomic E-state index is 9.14. The van der Waals surface area contributed by atoms with Gasteiger partial charge in [-0.25, -0.2) is 0 Å². The lowest BCUT2D eigenvalue weighted by Gasteiger charge is -2.28. The molecule has 0 radical (unpaired) electrons. The van der Waals surface area contributed by atoms with Crippen molar-refractivity contribution in [1.82, 2.24) is 0 Å². The van der Waals surface area contributed by atoms with Gasteiger partial charge < -0.3 is 14.9 Å². The predicted octanol–water partition coefficient (Wildman–Crippen LogP) is -0.0929. The highest BCUT2D eigenvalue weighted by Gasteiger charge is 2.25. The molecule has 1 fully saturated rings. The zero-order chi connectivity index (χ0) is 7.56. The molecule has 0 aromatic heterocycles. The molecule has 0 spiro atoms. The van der Waals surface area contributed by atoms with Gasteiger partial charge in [-0.1, -0.05) is 0 Å². The maximum Gasteiger partial charge on any atom is 0.0620 e. The van der Waals surface area contributed by atoms with Crippen LogP contribution in [0.1, 0.15) is 19.3 Å². The summed E-state index contributed by atoms with van der Waals surface area (Å²) in [5, 5.41) is 18.3. The van der Waals surface area contributed by atoms with Gasteiger partial charge >= 0.3 is 0 Å². The molecule has 3 nitrogen and oxygen atoms in total. The van der Waals surface area contributed by atoms with Crippen molar-refractivity contribution in [2.45, 2.75) is 37.6 Å². The average molecular weight is 146 g/mol. The van der Waals surface area contributed by atoms with Crippen LogP contribution in [0.4, 0.5) is 0 Å². The summed E-state index contributed by atoms with van der Waals surface area (Å²) in [4.78, 5) is 0. The Labute approximate surface area is 60.6 Å². The van der Waals surface area contributed by atoms with Gasteiger partial charge in [0.1, 0.15) is 0 Å². The van der Waals surface area contributed by atoms with Gasteiger partial charge in [0.2, 0.25) is 0 Å². The van der Waals surface area contributed by atoms with Gasteiger partial charge in [-0.05, 0) is 19.3 Å². The van der Waals surface area contributed by atoms with Crippen molar-refractivity contribution in [2.24, 2.45) is 0 Å². The summed E-state index contributed by atoms with van der Waals surface area (Å²) >= 11 is 0. The second kappa shape index (κ2) is 3.32. The third-order valence-corrected chi connectivity index (χ3v) is 1.95. The van der Waals surface area contributed by atoms with Crippen molar-refractivity contribution in [3.05, 3.63) is 0 Å². The summed E-state index contributed by atoms with van der Waals surface area (Å²) in [7, 11) is 1.61. The third-order valence-electron chi connectivity index (χ3n) is 1.95. The van der Waals surface area contributed by atoms with Gasteiger partial charge in [0, 0.05) is 7.11 Å². The van der Waals surface area contributed by atoms with Crippen LogP contribution in [-0.2, 0) is 4.74 Å². The van der Waals surface area contributed by atoms with Crippen LogP contribution in [0, 0.1) is 0 Å². The number of methoxy groups -OCH3 is 1. The highest BCUT2D eigenvalue weighted by atomic mass is 16.5. The summed E-state index contributed by atoms with van der Waals surface area (Å²) in [6.07, 6.45) is 1.10. The molecule has 60 valence electrons. The van der Waals surface area contributed by atoms with Crippen LogP contribution in [-0.4, -0.2) is 35.6 Å². The molecule has 0 aliphatic heterocycles. The zero-order valence-corrected chi connectivity index (χ0v) is 6.16. The van der Waals surface area contributed by atoms with Gasteiger partial charge in [0.15, 0.2) is 0 Å². The van der Waals surface area contributed by atoms with E-state index in [1.807, 2.05) is 0 Å². The molecule has 0 aromatic rings. The van der Waals surface area contributed by atoms with Gasteiger partial charge in [-0.3, -0.25) is 0 Å². The van der Waals surface area contributed by atoms with Gasteiger partial charge in [-0.15, -0.1) is 0 Å². The van der Waals surface area contributed by atoms with Crippen molar-refractivity contribution in [3.63, 3.8) is 0 Å². The lowest BCUT2D eigenvalue weighted by molar-refractivity contribution is -0.0424. The second-order valence-corrected chi connectivity index (χ2v) is 2.87. The van der Waals surface area contributed by atoms with Crippen LogP contribution in [0.3, 0.4) is 0 Å². The molecule has 3 heteroatoms. The Hall–Kier alpha value is -0.120. The van der Waals surface area contributed by atoms with E-state index in [1.54, 1.807) is 7.11 Å². The predicted molar refractivity (Wildman–Crippen MR) is 36.7 cm³/mol. The molecule has 0 aromatic carbocycles. The van der Waals surface area contributed by atoms with E-state index in [4.69, 9.17) is 14.9 Å². The largest absolute Gasteiger partial charge is 0.393 e. The molecular weight excluding hydrogens is 132 g/mol. The Morgan fingerprint density at radius 3 is 2.00 bits per heavy atom. The summed E-state index contributed by atoms with van der Waals surface area (Å²) < 4.78 is 5.01. The highest BCUT2D eigenvalue weighted by Crippen LogP contribution is 2.20. The van der Waals surface area contributed by atoms with E-state index in [-0.39, 0.29) is 18.3 Å². The maximum absolute atomic E-state index is 9.14. The fraction of sp³-hybridized carbons (Fsp3) is 1.00. The first kappa shape index (κ1) is 7.98. The number of hydrogen-bond donors (Lipinski definition) is 2. The standard InChI is InChI=1S/C7H14O3/c1-10-7-3-5(8)2-6(9)4-7/h5-9H,2-4H2,1H3/t5-,6+,7-. The second-order valence-electron chi connectivity index (χ2n) is 2.87. The molecule has 0 amide bonds. The molecule has 2 N–H and O–H groups in total. The van der Waals surface area contributed by atoms with Crippen molar-refractivity contribution < 1.29 is 14.9 Å². The van der Waals surface area contributed by atoms with E-state index in [0.717, 1.165) is 0 Å². The Balaban J connectivity index is 2.35. The fourth-order valence-electron chi connectivity index (χ4n) is 1.40. The first-order valence-corrected chi connectivity index (χ1v) is 3.61. The molecule has 1 saturated carbocycles. The van der Waals surface area contributed by atoms with Crippen LogP contribution in [0.2, 0.25) is 0 Å².